The van der Waals surface area contributed by atoms with E-state index in [1.165, 1.54) is 18.6 Å². The highest BCUT2D eigenvalue weighted by Crippen LogP contribution is 2.34. The number of aromatic nitrogens is 2. The molecule has 45 heavy (non-hydrogen) atoms. The summed E-state index contributed by atoms with van der Waals surface area (Å²) in [6.45, 7) is 8.53. The lowest BCUT2D eigenvalue weighted by Gasteiger charge is -2.29. The van der Waals surface area contributed by atoms with Gasteiger partial charge in [-0.2, -0.15) is 0 Å². The average molecular weight is 608 g/mol. The molecule has 0 atom stereocenters. The monoisotopic (exact) mass is 607 g/mol. The van der Waals surface area contributed by atoms with Crippen LogP contribution in [0.3, 0.4) is 0 Å². The van der Waals surface area contributed by atoms with E-state index < -0.39 is 5.82 Å². The van der Waals surface area contributed by atoms with Gasteiger partial charge in [0.25, 0.3) is 0 Å². The number of allylic oxidation sites excluding steroid dienone is 1. The zero-order valence-corrected chi connectivity index (χ0v) is 25.3. The van der Waals surface area contributed by atoms with Crippen LogP contribution < -0.4 is 15.1 Å². The van der Waals surface area contributed by atoms with Crippen LogP contribution in [0.4, 0.5) is 27.4 Å². The second-order valence-electron chi connectivity index (χ2n) is 11.5. The minimum absolute atomic E-state index is 0.0789. The molecule has 2 aliphatic rings. The number of nitrogens with zero attached hydrogens (tertiary/aromatic N) is 4. The highest BCUT2D eigenvalue weighted by Gasteiger charge is 2.18. The first kappa shape index (κ1) is 30.3. The van der Waals surface area contributed by atoms with Gasteiger partial charge in [0.05, 0.1) is 24.6 Å². The number of phenols is 1. The predicted octanol–water partition coefficient (Wildman–Crippen LogP) is 6.45. The van der Waals surface area contributed by atoms with E-state index in [0.717, 1.165) is 80.4 Å². The van der Waals surface area contributed by atoms with Crippen molar-refractivity contribution >= 4 is 28.8 Å². The summed E-state index contributed by atoms with van der Waals surface area (Å²) in [6, 6.07) is 18.6. The number of hydrogen-bond acceptors (Lipinski definition) is 8. The van der Waals surface area contributed by atoms with Gasteiger partial charge in [-0.3, -0.25) is 4.79 Å². The van der Waals surface area contributed by atoms with Gasteiger partial charge in [0.15, 0.2) is 5.78 Å². The highest BCUT2D eigenvalue weighted by atomic mass is 19.1. The Bertz CT molecular complexity index is 1660. The number of hydrogen-bond donors (Lipinski definition) is 2. The fourth-order valence-corrected chi connectivity index (χ4v) is 5.95. The van der Waals surface area contributed by atoms with Crippen LogP contribution in [0.5, 0.6) is 5.75 Å². The summed E-state index contributed by atoms with van der Waals surface area (Å²) in [5, 5.41) is 13.9. The molecule has 0 radical (unpaired) electrons. The minimum atomic E-state index is -0.448. The van der Waals surface area contributed by atoms with E-state index >= 15 is 0 Å². The number of halogens is 1. The molecular weight excluding hydrogens is 569 g/mol. The minimum Gasteiger partial charge on any atom is -0.506 e. The Morgan fingerprint density at radius 2 is 1.73 bits per heavy atom. The molecule has 2 saturated heterocycles. The number of morpholine rings is 1. The molecule has 0 unspecified atom stereocenters. The number of rotatable bonds is 10. The van der Waals surface area contributed by atoms with Crippen molar-refractivity contribution in [2.75, 3.05) is 54.5 Å². The van der Waals surface area contributed by atoms with Crippen molar-refractivity contribution in [2.24, 2.45) is 0 Å². The number of ketones is 1. The molecule has 2 N–H and O–H groups in total. The van der Waals surface area contributed by atoms with Crippen molar-refractivity contribution in [2.45, 2.75) is 32.1 Å². The Hall–Kier alpha value is -4.76. The standard InChI is InChI=1S/C36H38FN5O3/c1-2-31(43)22-27-21-26(8-12-32(27)37)35-28(20-25-6-10-30(11-7-25)41-16-18-45-19-17-41)24-38-36(40-35)39-29-9-13-34(44)33(23-29)42-14-4-3-5-15-42/h2,6-13,21,23-24,44H,1,3-5,14-20,22H2,(H,38,39,40). The van der Waals surface area contributed by atoms with Crippen LogP contribution in [-0.4, -0.2) is 60.3 Å². The molecule has 9 heteroatoms. The van der Waals surface area contributed by atoms with Crippen LogP contribution >= 0.6 is 0 Å². The Morgan fingerprint density at radius 3 is 2.49 bits per heavy atom. The third-order valence-electron chi connectivity index (χ3n) is 8.41. The van der Waals surface area contributed by atoms with Crippen LogP contribution in [0.2, 0.25) is 0 Å². The van der Waals surface area contributed by atoms with Gasteiger partial charge < -0.3 is 25.0 Å². The van der Waals surface area contributed by atoms with Crippen LogP contribution in [0.15, 0.2) is 79.5 Å². The number of benzene rings is 3. The van der Waals surface area contributed by atoms with Gasteiger partial charge in [0.1, 0.15) is 11.6 Å². The summed E-state index contributed by atoms with van der Waals surface area (Å²) in [7, 11) is 0. The van der Waals surface area contributed by atoms with Crippen molar-refractivity contribution in [1.82, 2.24) is 9.97 Å². The highest BCUT2D eigenvalue weighted by molar-refractivity contribution is 5.91. The van der Waals surface area contributed by atoms with E-state index in [2.05, 4.69) is 50.9 Å². The molecule has 0 saturated carbocycles. The Balaban J connectivity index is 1.32. The molecule has 3 aromatic carbocycles. The molecule has 0 amide bonds. The Labute approximate surface area is 263 Å². The van der Waals surface area contributed by atoms with Gasteiger partial charge in [0.2, 0.25) is 5.95 Å². The summed E-state index contributed by atoms with van der Waals surface area (Å²) in [4.78, 5) is 26.2. The van der Waals surface area contributed by atoms with Crippen molar-refractivity contribution in [3.8, 4) is 17.0 Å². The normalized spacial score (nSPS) is 15.1. The molecule has 1 aromatic heterocycles. The summed E-state index contributed by atoms with van der Waals surface area (Å²) >= 11 is 0. The van der Waals surface area contributed by atoms with Gasteiger partial charge in [0, 0.05) is 67.7 Å². The fraction of sp³-hybridized carbons (Fsp3) is 0.306. The largest absolute Gasteiger partial charge is 0.506 e. The third kappa shape index (κ3) is 7.32. The van der Waals surface area contributed by atoms with Crippen molar-refractivity contribution < 1.29 is 19.0 Å². The van der Waals surface area contributed by atoms with E-state index in [1.807, 2.05) is 6.07 Å². The second kappa shape index (κ2) is 13.9. The molecule has 2 aliphatic heterocycles. The number of nitrogens with one attached hydrogen (secondary N) is 1. The van der Waals surface area contributed by atoms with Crippen LogP contribution in [0.25, 0.3) is 11.3 Å². The molecule has 6 rings (SSSR count). The summed E-state index contributed by atoms with van der Waals surface area (Å²) in [5.74, 6) is -0.0869. The van der Waals surface area contributed by atoms with E-state index in [-0.39, 0.29) is 23.5 Å². The lowest BCUT2D eigenvalue weighted by Crippen LogP contribution is -2.36. The van der Waals surface area contributed by atoms with E-state index in [0.29, 0.717) is 23.6 Å². The number of ether oxygens (including phenoxy) is 1. The van der Waals surface area contributed by atoms with Gasteiger partial charge in [-0.05, 0) is 85.0 Å². The van der Waals surface area contributed by atoms with Gasteiger partial charge in [-0.15, -0.1) is 0 Å². The summed E-state index contributed by atoms with van der Waals surface area (Å²) < 4.78 is 20.2. The number of piperidine rings is 1. The molecule has 0 bridgehead atoms. The maximum atomic E-state index is 14.7. The first-order chi connectivity index (χ1) is 22.0. The molecule has 232 valence electrons. The molecule has 4 aromatic rings. The molecular formula is C36H38FN5O3. The Kier molecular flexibility index (Phi) is 9.35. The van der Waals surface area contributed by atoms with E-state index in [9.17, 15) is 14.3 Å². The third-order valence-corrected chi connectivity index (χ3v) is 8.41. The number of anilines is 4. The molecule has 3 heterocycles. The van der Waals surface area contributed by atoms with Crippen molar-refractivity contribution in [1.29, 1.82) is 0 Å². The number of phenolic OH excluding ortho intramolecular Hbond substituents is 1. The average Bonchev–Trinajstić information content (AvgIpc) is 3.08. The van der Waals surface area contributed by atoms with Crippen LogP contribution in [0.1, 0.15) is 36.0 Å². The first-order valence-corrected chi connectivity index (χ1v) is 15.5. The zero-order chi connectivity index (χ0) is 31.2. The lowest BCUT2D eigenvalue weighted by atomic mass is 9.98. The zero-order valence-electron chi connectivity index (χ0n) is 25.3. The maximum absolute atomic E-state index is 14.7. The molecule has 0 spiro atoms. The summed E-state index contributed by atoms with van der Waals surface area (Å²) in [6.07, 6.45) is 6.88. The number of carbonyl (C=O) groups excluding carboxylic acids is 1. The second-order valence-corrected chi connectivity index (χ2v) is 11.5. The number of aromatic hydroxyl groups is 1. The molecule has 2 fully saturated rings. The fourth-order valence-electron chi connectivity index (χ4n) is 5.95. The van der Waals surface area contributed by atoms with Crippen LogP contribution in [0, 0.1) is 5.82 Å². The lowest BCUT2D eigenvalue weighted by molar-refractivity contribution is -0.114. The Morgan fingerprint density at radius 1 is 0.956 bits per heavy atom. The van der Waals surface area contributed by atoms with Crippen LogP contribution in [-0.2, 0) is 22.4 Å². The number of carbonyl (C=O) groups is 1. The van der Waals surface area contributed by atoms with E-state index in [1.54, 1.807) is 30.5 Å². The first-order valence-electron chi connectivity index (χ1n) is 15.5. The molecule has 8 nitrogen and oxygen atoms in total. The predicted molar refractivity (Wildman–Crippen MR) is 176 cm³/mol. The molecule has 0 aliphatic carbocycles. The smallest absolute Gasteiger partial charge is 0.227 e. The van der Waals surface area contributed by atoms with Crippen molar-refractivity contribution in [3.63, 3.8) is 0 Å². The quantitative estimate of drug-likeness (QED) is 0.157. The topological polar surface area (TPSA) is 90.8 Å². The van der Waals surface area contributed by atoms with E-state index in [4.69, 9.17) is 9.72 Å². The summed E-state index contributed by atoms with van der Waals surface area (Å²) in [5.41, 5.74) is 6.27. The van der Waals surface area contributed by atoms with Gasteiger partial charge in [-0.1, -0.05) is 18.7 Å². The van der Waals surface area contributed by atoms with Crippen molar-refractivity contribution in [3.05, 3.63) is 102 Å². The SMILES string of the molecule is C=CC(=O)Cc1cc(-c2nc(Nc3ccc(O)c(N4CCCCC4)c3)ncc2Cc2ccc(N3CCOCC3)cc2)ccc1F. The maximum Gasteiger partial charge on any atom is 0.227 e. The van der Waals surface area contributed by atoms with Gasteiger partial charge >= 0.3 is 0 Å². The van der Waals surface area contributed by atoms with Gasteiger partial charge in [-0.25, -0.2) is 14.4 Å².